The number of ketones is 3. The van der Waals surface area contributed by atoms with E-state index in [-0.39, 0.29) is 46.0 Å². The Kier molecular flexibility index (Phi) is 31.8. The fraction of sp³-hybridized carbons (Fsp3) is 0.468. The molecule has 4 N–H and O–H groups in total. The van der Waals surface area contributed by atoms with E-state index < -0.39 is 54.4 Å². The zero-order valence-electron chi connectivity index (χ0n) is 62.2. The van der Waals surface area contributed by atoms with E-state index in [4.69, 9.17) is 40.5 Å². The number of hydrogen-bond acceptors (Lipinski definition) is 16. The molecule has 0 saturated carbocycles. The summed E-state index contributed by atoms with van der Waals surface area (Å²) in [6, 6.07) is 35.2. The second-order valence-electron chi connectivity index (χ2n) is 28.6. The fourth-order valence-electron chi connectivity index (χ4n) is 12.6. The first-order valence-electron chi connectivity index (χ1n) is 34.5. The second-order valence-corrected chi connectivity index (χ2v) is 33.0. The molecule has 4 fully saturated rings. The van der Waals surface area contributed by atoms with Crippen molar-refractivity contribution in [2.75, 3.05) is 46.1 Å². The van der Waals surface area contributed by atoms with Crippen LogP contribution < -0.4 is 20.5 Å². The first-order chi connectivity index (χ1) is 47.6. The first kappa shape index (κ1) is 84.5. The zero-order chi connectivity index (χ0) is 76.0. The largest absolute Gasteiger partial charge is 0.497 e. The molecule has 0 radical (unpaired) electrons. The maximum Gasteiger partial charge on any atom is 0.411 e. The predicted molar refractivity (Wildman–Crippen MR) is 401 cm³/mol. The van der Waals surface area contributed by atoms with Gasteiger partial charge in [-0.05, 0) is 243 Å². The SMILES string of the molecule is CC(C)(C)OC(=O)N1CCC[C@H]1C(=O)O.COc1ccc(S(=O)(=O)Cl)cc1.COc1ccc(S(=O)(=O)N2CCC[C@H]2C(=O)Cc2cc(C)cc(C)c2)cc1.Cc1cc(C)cc(CC(=O)[C@@H]2CCCN2)c1.Cc1cc(C)cc(CC(=O)[C@@H]2CCCN2C(=O)OC(C)(C)C)c1.Cc1cc(C)cc(N)c1. The molecule has 556 valence electrons. The average Bonchev–Trinajstić information content (AvgIpc) is 1.53. The lowest BCUT2D eigenvalue weighted by Gasteiger charge is -2.28. The molecule has 4 aliphatic rings. The van der Waals surface area contributed by atoms with E-state index in [1.165, 1.54) is 82.1 Å². The minimum atomic E-state index is -3.71. The molecule has 0 spiro atoms. The van der Waals surface area contributed by atoms with Crippen molar-refractivity contribution in [1.82, 2.24) is 19.4 Å². The fourth-order valence-corrected chi connectivity index (χ4v) is 15.1. The average molecular weight is 1470 g/mol. The van der Waals surface area contributed by atoms with E-state index in [1.54, 1.807) is 37.8 Å². The molecule has 10 rings (SSSR count). The van der Waals surface area contributed by atoms with Crippen LogP contribution in [0.1, 0.15) is 154 Å². The van der Waals surface area contributed by atoms with Gasteiger partial charge in [-0.1, -0.05) is 94.0 Å². The van der Waals surface area contributed by atoms with Gasteiger partial charge >= 0.3 is 18.2 Å². The van der Waals surface area contributed by atoms with Crippen LogP contribution in [0.3, 0.4) is 0 Å². The Balaban J connectivity index is 0.000000228. The summed E-state index contributed by atoms with van der Waals surface area (Å²) in [7, 11) is 0.802. The van der Waals surface area contributed by atoms with Gasteiger partial charge < -0.3 is 35.1 Å². The number of anilines is 1. The number of hydrogen-bond donors (Lipinski definition) is 3. The summed E-state index contributed by atoms with van der Waals surface area (Å²) < 4.78 is 69.4. The number of carbonyl (C=O) groups excluding carboxylic acids is 5. The number of aliphatic carboxylic acids is 1. The predicted octanol–water partition coefficient (Wildman–Crippen LogP) is 14.2. The van der Waals surface area contributed by atoms with E-state index in [9.17, 15) is 45.6 Å². The second kappa shape index (κ2) is 38.4. The molecular weight excluding hydrogens is 1360 g/mol. The van der Waals surface area contributed by atoms with Crippen molar-refractivity contribution in [3.05, 3.63) is 183 Å². The Morgan fingerprint density at radius 3 is 1.18 bits per heavy atom. The van der Waals surface area contributed by atoms with Crippen LogP contribution in [0.2, 0.25) is 0 Å². The Morgan fingerprint density at radius 1 is 0.480 bits per heavy atom. The number of halogens is 1. The lowest BCUT2D eigenvalue weighted by atomic mass is 9.99. The summed E-state index contributed by atoms with van der Waals surface area (Å²) in [4.78, 5) is 75.4. The van der Waals surface area contributed by atoms with Crippen molar-refractivity contribution in [3.8, 4) is 11.5 Å². The van der Waals surface area contributed by atoms with Crippen LogP contribution in [0.15, 0.2) is 131 Å². The number of nitrogens with zero attached hydrogens (tertiary/aromatic N) is 3. The van der Waals surface area contributed by atoms with Crippen LogP contribution in [-0.2, 0) is 67.0 Å². The number of carbonyl (C=O) groups is 6. The number of Topliss-reactive ketones (excluding diaryl/α,β-unsaturated/α-hetero) is 3. The van der Waals surface area contributed by atoms with E-state index in [2.05, 4.69) is 55.6 Å². The Labute approximate surface area is 609 Å². The summed E-state index contributed by atoms with van der Waals surface area (Å²) in [5.41, 5.74) is 17.8. The van der Waals surface area contributed by atoms with Crippen molar-refractivity contribution >= 4 is 70.9 Å². The highest BCUT2D eigenvalue weighted by Gasteiger charge is 2.40. The van der Waals surface area contributed by atoms with E-state index in [0.717, 1.165) is 83.3 Å². The smallest absolute Gasteiger partial charge is 0.411 e. The molecule has 0 aromatic heterocycles. The third-order valence-electron chi connectivity index (χ3n) is 16.7. The third kappa shape index (κ3) is 27.9. The Bertz CT molecular complexity index is 3960. The molecule has 0 bridgehead atoms. The number of amides is 2. The molecule has 4 atom stereocenters. The van der Waals surface area contributed by atoms with Crippen LogP contribution in [0.4, 0.5) is 15.3 Å². The van der Waals surface area contributed by atoms with Gasteiger partial charge in [0, 0.05) is 55.3 Å². The Hall–Kier alpha value is -8.15. The van der Waals surface area contributed by atoms with Crippen molar-refractivity contribution < 1.29 is 69.7 Å². The van der Waals surface area contributed by atoms with E-state index in [0.29, 0.717) is 69.0 Å². The third-order valence-corrected chi connectivity index (χ3v) is 20.0. The molecule has 23 heteroatoms. The quantitative estimate of drug-likeness (QED) is 0.0636. The van der Waals surface area contributed by atoms with Gasteiger partial charge in [0.05, 0.1) is 42.1 Å². The van der Waals surface area contributed by atoms with Gasteiger partial charge in [-0.3, -0.25) is 24.2 Å². The molecule has 102 heavy (non-hydrogen) atoms. The van der Waals surface area contributed by atoms with E-state index >= 15 is 0 Å². The van der Waals surface area contributed by atoms with Crippen molar-refractivity contribution in [3.63, 3.8) is 0 Å². The Morgan fingerprint density at radius 2 is 0.824 bits per heavy atom. The first-order valence-corrected chi connectivity index (χ1v) is 38.2. The summed E-state index contributed by atoms with van der Waals surface area (Å²) >= 11 is 0. The zero-order valence-corrected chi connectivity index (χ0v) is 64.6. The number of nitrogen functional groups attached to an aromatic ring is 1. The lowest BCUT2D eigenvalue weighted by Crippen LogP contribution is -2.43. The summed E-state index contributed by atoms with van der Waals surface area (Å²) in [5, 5.41) is 12.1. The van der Waals surface area contributed by atoms with E-state index in [1.807, 2.05) is 98.7 Å². The van der Waals surface area contributed by atoms with Crippen molar-refractivity contribution in [2.24, 2.45) is 0 Å². The number of rotatable bonds is 15. The number of nitrogens with two attached hydrogens (primary N) is 1. The minimum absolute atomic E-state index is 0.0467. The van der Waals surface area contributed by atoms with Gasteiger partial charge in [-0.15, -0.1) is 0 Å². The van der Waals surface area contributed by atoms with Crippen LogP contribution in [-0.4, -0.2) is 147 Å². The number of aryl methyl sites for hydroxylation is 8. The molecule has 0 unspecified atom stereocenters. The van der Waals surface area contributed by atoms with Crippen LogP contribution in [0.5, 0.6) is 11.5 Å². The molecule has 20 nitrogen and oxygen atoms in total. The molecular formula is C79H106ClN5O15S2. The monoisotopic (exact) mass is 1460 g/mol. The van der Waals surface area contributed by atoms with Gasteiger partial charge in [-0.25, -0.2) is 31.2 Å². The van der Waals surface area contributed by atoms with Crippen LogP contribution in [0.25, 0.3) is 0 Å². The highest BCUT2D eigenvalue weighted by Crippen LogP contribution is 2.30. The minimum Gasteiger partial charge on any atom is -0.497 e. The van der Waals surface area contributed by atoms with Crippen molar-refractivity contribution in [2.45, 2.75) is 213 Å². The number of carboxylic acids is 1. The number of ether oxygens (including phenoxy) is 4. The summed E-state index contributed by atoms with van der Waals surface area (Å²) in [6.07, 6.45) is 6.47. The molecule has 6 aromatic rings. The molecule has 4 aliphatic heterocycles. The van der Waals surface area contributed by atoms with Gasteiger partial charge in [-0.2, -0.15) is 4.31 Å². The molecule has 6 aromatic carbocycles. The van der Waals surface area contributed by atoms with Gasteiger partial charge in [0.1, 0.15) is 28.7 Å². The molecule has 4 saturated heterocycles. The number of sulfonamides is 1. The highest BCUT2D eigenvalue weighted by molar-refractivity contribution is 8.13. The normalized spacial score (nSPS) is 17.3. The maximum absolute atomic E-state index is 13.0. The van der Waals surface area contributed by atoms with Gasteiger partial charge in [0.15, 0.2) is 17.3 Å². The number of likely N-dealkylation sites (tertiary alicyclic amines) is 2. The van der Waals surface area contributed by atoms with Gasteiger partial charge in [0.2, 0.25) is 10.0 Å². The maximum atomic E-state index is 13.0. The van der Waals surface area contributed by atoms with Gasteiger partial charge in [0.25, 0.3) is 9.05 Å². The topological polar surface area (TPSA) is 276 Å². The highest BCUT2D eigenvalue weighted by atomic mass is 35.7. The number of nitrogens with one attached hydrogen (secondary N) is 1. The molecule has 2 amide bonds. The molecule has 4 heterocycles. The number of carboxylic acid groups (broad SMARTS) is 1. The summed E-state index contributed by atoms with van der Waals surface area (Å²) in [6.45, 7) is 29.5. The van der Waals surface area contributed by atoms with Crippen LogP contribution in [0, 0.1) is 55.4 Å². The van der Waals surface area contributed by atoms with Crippen LogP contribution >= 0.6 is 10.7 Å². The standard InChI is InChI=1S/C21H25NO4S.C19H27NO3.C14H19NO.C10H17NO4.C8H11N.C7H7ClO3S/c1-15-11-16(2)13-17(12-15)14-21(23)20-5-4-10-22(20)27(24,25)19-8-6-18(26-3)7-9-19;1-13-9-14(2)11-15(10-13)12-17(21)16-7-6-8-20(16)18(22)23-19(3,4)5;1-10-6-11(2)8-12(7-10)9-14(16)13-4-3-5-15-13;1-10(2,3)15-9(14)11-6-4-5-7(11)8(12)13;1-6-3-7(2)5-8(9)4-6;1-11-6-2-4-7(5-3-6)12(8,9)10/h6-9,11-13,20H,4-5,10,14H2,1-3H3;9-11,16H,6-8,12H2,1-5H3;6-8,13,15H,3-5,9H2,1-2H3;7H,4-6H2,1-3H3,(H,12,13);3-5H,9H2,1-2H3;2-5H,1H3/t20-;16-;13-;7-;;/m0000../s1. The number of benzene rings is 6. The molecule has 0 aliphatic carbocycles. The number of methoxy groups -OCH3 is 2. The lowest BCUT2D eigenvalue weighted by molar-refractivity contribution is -0.142. The van der Waals surface area contributed by atoms with Crippen molar-refractivity contribution in [1.29, 1.82) is 0 Å². The summed E-state index contributed by atoms with van der Waals surface area (Å²) in [5.74, 6) is 0.616.